The Labute approximate surface area is 114 Å². The van der Waals surface area contributed by atoms with Crippen molar-refractivity contribution in [3.63, 3.8) is 0 Å². The van der Waals surface area contributed by atoms with E-state index in [0.717, 1.165) is 11.5 Å². The molecule has 2 rings (SSSR count). The van der Waals surface area contributed by atoms with Gasteiger partial charge in [0.25, 0.3) is 0 Å². The molecule has 100 valence electrons. The van der Waals surface area contributed by atoms with Gasteiger partial charge in [0, 0.05) is 6.07 Å². The number of hydrogen-bond acceptors (Lipinski definition) is 6. The molecule has 7 heteroatoms. The summed E-state index contributed by atoms with van der Waals surface area (Å²) in [7, 11) is 0. The summed E-state index contributed by atoms with van der Waals surface area (Å²) < 4.78 is 9.27. The molecule has 2 aromatic rings. The molecule has 6 nitrogen and oxygen atoms in total. The van der Waals surface area contributed by atoms with Gasteiger partial charge in [0.15, 0.2) is 0 Å². The van der Waals surface area contributed by atoms with Crippen LogP contribution in [0.3, 0.4) is 0 Å². The fraction of sp³-hybridized carbons (Fsp3) is 0.250. The van der Waals surface area contributed by atoms with E-state index in [1.165, 1.54) is 0 Å². The molecule has 2 N–H and O–H groups in total. The predicted octanol–water partition coefficient (Wildman–Crippen LogP) is 2.69. The summed E-state index contributed by atoms with van der Waals surface area (Å²) in [4.78, 5) is 15.2. The van der Waals surface area contributed by atoms with Crippen LogP contribution < -0.4 is 10.1 Å². The second-order valence-corrected chi connectivity index (χ2v) is 4.49. The zero-order valence-corrected chi connectivity index (χ0v) is 11.3. The third-order valence-electron chi connectivity index (χ3n) is 2.36. The minimum Gasteiger partial charge on any atom is -0.478 e. The van der Waals surface area contributed by atoms with Crippen LogP contribution in [0.4, 0.5) is 10.7 Å². The van der Waals surface area contributed by atoms with Crippen molar-refractivity contribution in [2.75, 3.05) is 11.9 Å². The van der Waals surface area contributed by atoms with Crippen molar-refractivity contribution in [3.8, 4) is 5.88 Å². The number of pyridine rings is 1. The molecule has 0 bridgehead atoms. The Kier molecular flexibility index (Phi) is 3.96. The maximum Gasteiger partial charge on any atom is 0.340 e. The number of carboxylic acids is 1. The van der Waals surface area contributed by atoms with E-state index in [1.807, 2.05) is 6.92 Å². The number of hydrogen-bond donors (Lipinski definition) is 2. The van der Waals surface area contributed by atoms with Crippen LogP contribution in [0.1, 0.15) is 23.0 Å². The quantitative estimate of drug-likeness (QED) is 0.875. The normalized spacial score (nSPS) is 10.2. The molecule has 0 fully saturated rings. The van der Waals surface area contributed by atoms with E-state index in [4.69, 9.17) is 9.84 Å². The van der Waals surface area contributed by atoms with E-state index in [9.17, 15) is 4.79 Å². The fourth-order valence-corrected chi connectivity index (χ4v) is 2.33. The first-order valence-corrected chi connectivity index (χ1v) is 6.44. The van der Waals surface area contributed by atoms with Crippen molar-refractivity contribution in [2.45, 2.75) is 13.8 Å². The smallest absolute Gasteiger partial charge is 0.340 e. The van der Waals surface area contributed by atoms with Crippen molar-refractivity contribution in [2.24, 2.45) is 0 Å². The lowest BCUT2D eigenvalue weighted by Crippen LogP contribution is -2.01. The summed E-state index contributed by atoms with van der Waals surface area (Å²) in [6.45, 7) is 4.10. The molecule has 0 aliphatic rings. The van der Waals surface area contributed by atoms with Crippen LogP contribution in [0.15, 0.2) is 18.3 Å². The lowest BCUT2D eigenvalue weighted by molar-refractivity contribution is 0.0697. The SMILES string of the molecule is CCOc1ccc(Nc2snc(C)c2C(=O)O)cn1. The summed E-state index contributed by atoms with van der Waals surface area (Å²) in [5, 5.41) is 12.6. The number of nitrogens with one attached hydrogen (secondary N) is 1. The topological polar surface area (TPSA) is 84.3 Å². The average molecular weight is 279 g/mol. The molecule has 19 heavy (non-hydrogen) atoms. The predicted molar refractivity (Wildman–Crippen MR) is 72.5 cm³/mol. The van der Waals surface area contributed by atoms with Gasteiger partial charge in [-0.3, -0.25) is 0 Å². The Morgan fingerprint density at radius 3 is 2.89 bits per heavy atom. The summed E-state index contributed by atoms with van der Waals surface area (Å²) in [6, 6.07) is 3.50. The average Bonchev–Trinajstić information content (AvgIpc) is 2.73. The lowest BCUT2D eigenvalue weighted by Gasteiger charge is -2.06. The molecular weight excluding hydrogens is 266 g/mol. The maximum absolute atomic E-state index is 11.1. The standard InChI is InChI=1S/C12H13N3O3S/c1-3-18-9-5-4-8(6-13-9)14-11-10(12(16)17)7(2)15-19-11/h4-6,14H,3H2,1-2H3,(H,16,17). The zero-order valence-electron chi connectivity index (χ0n) is 10.5. The third-order valence-corrected chi connectivity index (χ3v) is 3.22. The van der Waals surface area contributed by atoms with Crippen LogP contribution in [0, 0.1) is 6.92 Å². The Morgan fingerprint density at radius 2 is 2.32 bits per heavy atom. The summed E-state index contributed by atoms with van der Waals surface area (Å²) in [5.41, 5.74) is 1.38. The van der Waals surface area contributed by atoms with Crippen molar-refractivity contribution in [3.05, 3.63) is 29.6 Å². The van der Waals surface area contributed by atoms with Gasteiger partial charge < -0.3 is 15.2 Å². The number of rotatable bonds is 5. The van der Waals surface area contributed by atoms with Crippen LogP contribution in [0.25, 0.3) is 0 Å². The highest BCUT2D eigenvalue weighted by Crippen LogP contribution is 2.28. The molecule has 0 atom stereocenters. The second-order valence-electron chi connectivity index (χ2n) is 3.72. The molecule has 0 aliphatic heterocycles. The number of aromatic carboxylic acids is 1. The first-order valence-electron chi connectivity index (χ1n) is 5.67. The van der Waals surface area contributed by atoms with Crippen LogP contribution in [-0.4, -0.2) is 27.0 Å². The van der Waals surface area contributed by atoms with Crippen molar-refractivity contribution < 1.29 is 14.6 Å². The van der Waals surface area contributed by atoms with Crippen LogP contribution in [0.5, 0.6) is 5.88 Å². The van der Waals surface area contributed by atoms with E-state index in [1.54, 1.807) is 25.3 Å². The van der Waals surface area contributed by atoms with Crippen LogP contribution >= 0.6 is 11.5 Å². The molecular formula is C12H13N3O3S. The first-order chi connectivity index (χ1) is 9.11. The van der Waals surface area contributed by atoms with Gasteiger partial charge in [-0.05, 0) is 31.4 Å². The molecule has 2 aromatic heterocycles. The number of aryl methyl sites for hydroxylation is 1. The summed E-state index contributed by atoms with van der Waals surface area (Å²) in [5.74, 6) is -0.459. The van der Waals surface area contributed by atoms with Crippen LogP contribution in [-0.2, 0) is 0 Å². The first kappa shape index (κ1) is 13.3. The van der Waals surface area contributed by atoms with Gasteiger partial charge >= 0.3 is 5.97 Å². The van der Waals surface area contributed by atoms with E-state index in [0.29, 0.717) is 28.9 Å². The molecule has 0 saturated heterocycles. The molecule has 0 unspecified atom stereocenters. The third kappa shape index (κ3) is 3.00. The number of ether oxygens (including phenoxy) is 1. The lowest BCUT2D eigenvalue weighted by atomic mass is 10.2. The number of aromatic nitrogens is 2. The highest BCUT2D eigenvalue weighted by molar-refractivity contribution is 7.10. The van der Waals surface area contributed by atoms with Gasteiger partial charge in [-0.2, -0.15) is 4.37 Å². The Balaban J connectivity index is 2.19. The van der Waals surface area contributed by atoms with Gasteiger partial charge in [-0.25, -0.2) is 9.78 Å². The number of carbonyl (C=O) groups is 1. The zero-order chi connectivity index (χ0) is 13.8. The Morgan fingerprint density at radius 1 is 1.53 bits per heavy atom. The number of carboxylic acid groups (broad SMARTS) is 1. The largest absolute Gasteiger partial charge is 0.478 e. The van der Waals surface area contributed by atoms with Crippen LogP contribution in [0.2, 0.25) is 0 Å². The Hall–Kier alpha value is -2.15. The van der Waals surface area contributed by atoms with E-state index in [2.05, 4.69) is 14.7 Å². The van der Waals surface area contributed by atoms with Crippen molar-refractivity contribution in [1.29, 1.82) is 0 Å². The maximum atomic E-state index is 11.1. The minimum absolute atomic E-state index is 0.193. The van der Waals surface area contributed by atoms with Gasteiger partial charge in [0.1, 0.15) is 10.6 Å². The van der Waals surface area contributed by atoms with Gasteiger partial charge in [-0.1, -0.05) is 0 Å². The number of anilines is 2. The van der Waals surface area contributed by atoms with Crippen molar-refractivity contribution in [1.82, 2.24) is 9.36 Å². The monoisotopic (exact) mass is 279 g/mol. The molecule has 0 saturated carbocycles. The van der Waals surface area contributed by atoms with Gasteiger partial charge in [0.05, 0.1) is 24.2 Å². The second kappa shape index (κ2) is 5.66. The highest BCUT2D eigenvalue weighted by Gasteiger charge is 2.17. The Bertz CT molecular complexity index is 580. The van der Waals surface area contributed by atoms with Crippen molar-refractivity contribution >= 4 is 28.2 Å². The van der Waals surface area contributed by atoms with E-state index >= 15 is 0 Å². The van der Waals surface area contributed by atoms with Gasteiger partial charge in [-0.15, -0.1) is 0 Å². The molecule has 0 radical (unpaired) electrons. The van der Waals surface area contributed by atoms with Gasteiger partial charge in [0.2, 0.25) is 5.88 Å². The van der Waals surface area contributed by atoms with E-state index < -0.39 is 5.97 Å². The molecule has 0 aliphatic carbocycles. The minimum atomic E-state index is -0.993. The highest BCUT2D eigenvalue weighted by atomic mass is 32.1. The molecule has 0 aromatic carbocycles. The molecule has 0 spiro atoms. The summed E-state index contributed by atoms with van der Waals surface area (Å²) in [6.07, 6.45) is 1.59. The molecule has 0 amide bonds. The summed E-state index contributed by atoms with van der Waals surface area (Å²) >= 11 is 1.11. The fourth-order valence-electron chi connectivity index (χ4n) is 1.53. The van der Waals surface area contributed by atoms with E-state index in [-0.39, 0.29) is 5.56 Å². The number of nitrogens with zero attached hydrogens (tertiary/aromatic N) is 2. The molecule has 2 heterocycles.